The van der Waals surface area contributed by atoms with Crippen LogP contribution in [0.3, 0.4) is 0 Å². The molecule has 1 aliphatic carbocycles. The fourth-order valence-electron chi connectivity index (χ4n) is 5.75. The van der Waals surface area contributed by atoms with Crippen LogP contribution in [0.5, 0.6) is 0 Å². The fraction of sp³-hybridized carbons (Fsp3) is 0.750. The molecular formula is C24H37N3O3. The van der Waals surface area contributed by atoms with Crippen molar-refractivity contribution in [2.24, 2.45) is 5.92 Å². The highest BCUT2D eigenvalue weighted by molar-refractivity contribution is 5.92. The summed E-state index contributed by atoms with van der Waals surface area (Å²) in [6.45, 7) is 8.48. The largest absolute Gasteiger partial charge is 0.464 e. The van der Waals surface area contributed by atoms with Gasteiger partial charge in [-0.1, -0.05) is 0 Å². The Labute approximate surface area is 180 Å². The Morgan fingerprint density at radius 1 is 1.07 bits per heavy atom. The number of piperidine rings is 1. The lowest BCUT2D eigenvalue weighted by Crippen LogP contribution is -2.51. The van der Waals surface area contributed by atoms with E-state index in [1.165, 1.54) is 18.4 Å². The molecule has 6 heteroatoms. The minimum absolute atomic E-state index is 0.107. The molecule has 2 N–H and O–H groups in total. The second kappa shape index (κ2) is 8.37. The summed E-state index contributed by atoms with van der Waals surface area (Å²) in [6, 6.07) is 0.853. The minimum atomic E-state index is -0.197. The lowest BCUT2D eigenvalue weighted by atomic mass is 9.87. The molecule has 2 aliphatic heterocycles. The van der Waals surface area contributed by atoms with E-state index in [4.69, 9.17) is 4.42 Å². The van der Waals surface area contributed by atoms with E-state index in [1.54, 1.807) is 0 Å². The van der Waals surface area contributed by atoms with Crippen LogP contribution in [0.1, 0.15) is 82.8 Å². The predicted molar refractivity (Wildman–Crippen MR) is 117 cm³/mol. The number of nitrogens with zero attached hydrogens (tertiary/aromatic N) is 1. The Kier molecular flexibility index (Phi) is 5.97. The van der Waals surface area contributed by atoms with E-state index < -0.39 is 0 Å². The molecule has 2 amide bonds. The topological polar surface area (TPSA) is 74.6 Å². The third-order valence-corrected chi connectivity index (χ3v) is 6.91. The van der Waals surface area contributed by atoms with Crippen molar-refractivity contribution in [1.29, 1.82) is 0 Å². The summed E-state index contributed by atoms with van der Waals surface area (Å²) >= 11 is 0. The van der Waals surface area contributed by atoms with E-state index in [0.29, 0.717) is 31.0 Å². The molecule has 0 saturated carbocycles. The van der Waals surface area contributed by atoms with Crippen LogP contribution in [0.15, 0.2) is 4.42 Å². The van der Waals surface area contributed by atoms with Crippen LogP contribution in [0.2, 0.25) is 0 Å². The molecule has 166 valence electrons. The molecule has 30 heavy (non-hydrogen) atoms. The maximum absolute atomic E-state index is 12.8. The molecule has 1 aromatic rings. The normalized spacial score (nSPS) is 26.3. The van der Waals surface area contributed by atoms with Crippen LogP contribution in [0.25, 0.3) is 0 Å². The lowest BCUT2D eigenvalue weighted by molar-refractivity contribution is -0.125. The van der Waals surface area contributed by atoms with Gasteiger partial charge >= 0.3 is 0 Å². The molecule has 1 aromatic heterocycles. The van der Waals surface area contributed by atoms with Crippen molar-refractivity contribution in [2.45, 2.75) is 103 Å². The van der Waals surface area contributed by atoms with Gasteiger partial charge in [0.1, 0.15) is 11.5 Å². The zero-order valence-electron chi connectivity index (χ0n) is 19.0. The lowest BCUT2D eigenvalue weighted by Gasteiger charge is -2.38. The van der Waals surface area contributed by atoms with Crippen molar-refractivity contribution in [3.63, 3.8) is 0 Å². The third-order valence-electron chi connectivity index (χ3n) is 6.91. The van der Waals surface area contributed by atoms with Crippen LogP contribution < -0.4 is 10.6 Å². The third kappa shape index (κ3) is 4.74. The Hall–Kier alpha value is -1.82. The number of carbonyl (C=O) groups excluding carboxylic acids is 2. The molecule has 3 aliphatic rings. The SMILES string of the molecule is Cc1oc2c(c1NC(=O)CC1C[C@H]3CC[C@@H](C1)N3CC(=O)NC(C)(C)C)CCCC2. The average molecular weight is 416 g/mol. The van der Waals surface area contributed by atoms with Gasteiger partial charge in [-0.15, -0.1) is 0 Å². The monoisotopic (exact) mass is 415 g/mol. The van der Waals surface area contributed by atoms with E-state index in [1.807, 2.05) is 27.7 Å². The molecule has 1 unspecified atom stereocenters. The quantitative estimate of drug-likeness (QED) is 0.764. The van der Waals surface area contributed by atoms with Crippen LogP contribution in [0.4, 0.5) is 5.69 Å². The van der Waals surface area contributed by atoms with Gasteiger partial charge in [0.05, 0.1) is 12.2 Å². The highest BCUT2D eigenvalue weighted by atomic mass is 16.3. The van der Waals surface area contributed by atoms with Gasteiger partial charge in [0.25, 0.3) is 0 Å². The standard InChI is InChI=1S/C24H37N3O3/c1-15-23(19-7-5-6-8-20(19)30-15)25-21(28)13-16-11-17-9-10-18(12-16)27(17)14-22(29)26-24(2,3)4/h16-18H,5-14H2,1-4H3,(H,25,28)(H,26,29)/t16?,17-,18+. The van der Waals surface area contributed by atoms with Gasteiger partial charge < -0.3 is 15.1 Å². The summed E-state index contributed by atoms with van der Waals surface area (Å²) in [5, 5.41) is 6.25. The summed E-state index contributed by atoms with van der Waals surface area (Å²) in [5.41, 5.74) is 1.94. The van der Waals surface area contributed by atoms with Gasteiger partial charge in [0, 0.05) is 36.0 Å². The molecule has 0 aromatic carbocycles. The highest BCUT2D eigenvalue weighted by Crippen LogP contribution is 2.40. The Bertz CT molecular complexity index is 793. The Morgan fingerprint density at radius 2 is 1.73 bits per heavy atom. The Morgan fingerprint density at radius 3 is 2.40 bits per heavy atom. The van der Waals surface area contributed by atoms with Gasteiger partial charge in [0.2, 0.25) is 11.8 Å². The van der Waals surface area contributed by atoms with Crippen LogP contribution in [-0.4, -0.2) is 40.9 Å². The first-order chi connectivity index (χ1) is 14.2. The van der Waals surface area contributed by atoms with Crippen molar-refractivity contribution >= 4 is 17.5 Å². The molecule has 0 spiro atoms. The van der Waals surface area contributed by atoms with Crippen molar-refractivity contribution in [3.05, 3.63) is 17.1 Å². The molecule has 2 bridgehead atoms. The molecule has 3 heterocycles. The maximum atomic E-state index is 12.8. The summed E-state index contributed by atoms with van der Waals surface area (Å²) in [4.78, 5) is 27.6. The van der Waals surface area contributed by atoms with Gasteiger partial charge in [0.15, 0.2) is 0 Å². The number of aryl methyl sites for hydroxylation is 2. The molecule has 0 radical (unpaired) electrons. The molecule has 2 saturated heterocycles. The van der Waals surface area contributed by atoms with E-state index in [9.17, 15) is 9.59 Å². The number of rotatable bonds is 5. The number of carbonyl (C=O) groups is 2. The summed E-state index contributed by atoms with van der Waals surface area (Å²) in [5.74, 6) is 2.52. The average Bonchev–Trinajstić information content (AvgIpc) is 3.06. The second-order valence-corrected chi connectivity index (χ2v) is 10.6. The van der Waals surface area contributed by atoms with Crippen molar-refractivity contribution in [3.8, 4) is 0 Å². The van der Waals surface area contributed by atoms with E-state index in [0.717, 1.165) is 55.7 Å². The summed E-state index contributed by atoms with van der Waals surface area (Å²) in [7, 11) is 0. The number of hydrogen-bond acceptors (Lipinski definition) is 4. The first kappa shape index (κ1) is 21.4. The zero-order chi connectivity index (χ0) is 21.5. The number of hydrogen-bond donors (Lipinski definition) is 2. The summed E-state index contributed by atoms with van der Waals surface area (Å²) < 4.78 is 5.90. The minimum Gasteiger partial charge on any atom is -0.464 e. The Balaban J connectivity index is 1.32. The zero-order valence-corrected chi connectivity index (χ0v) is 19.0. The van der Waals surface area contributed by atoms with Crippen LogP contribution in [-0.2, 0) is 22.4 Å². The number of amides is 2. The molecule has 2 fully saturated rings. The highest BCUT2D eigenvalue weighted by Gasteiger charge is 2.42. The molecule has 3 atom stereocenters. The number of nitrogens with one attached hydrogen (secondary N) is 2. The van der Waals surface area contributed by atoms with Crippen LogP contribution in [0, 0.1) is 12.8 Å². The van der Waals surface area contributed by atoms with Crippen molar-refractivity contribution in [1.82, 2.24) is 10.2 Å². The second-order valence-electron chi connectivity index (χ2n) is 10.6. The number of fused-ring (bicyclic) bond motifs is 3. The first-order valence-corrected chi connectivity index (χ1v) is 11.7. The van der Waals surface area contributed by atoms with Crippen LogP contribution >= 0.6 is 0 Å². The maximum Gasteiger partial charge on any atom is 0.234 e. The van der Waals surface area contributed by atoms with Gasteiger partial charge in [-0.2, -0.15) is 0 Å². The molecular weight excluding hydrogens is 378 g/mol. The first-order valence-electron chi connectivity index (χ1n) is 11.7. The molecule has 4 rings (SSSR count). The molecule has 6 nitrogen and oxygen atoms in total. The smallest absolute Gasteiger partial charge is 0.234 e. The summed E-state index contributed by atoms with van der Waals surface area (Å²) in [6.07, 6.45) is 9.18. The van der Waals surface area contributed by atoms with E-state index in [2.05, 4.69) is 15.5 Å². The van der Waals surface area contributed by atoms with E-state index in [-0.39, 0.29) is 17.4 Å². The number of furan rings is 1. The van der Waals surface area contributed by atoms with Gasteiger partial charge in [-0.25, -0.2) is 0 Å². The van der Waals surface area contributed by atoms with Crippen molar-refractivity contribution in [2.75, 3.05) is 11.9 Å². The number of anilines is 1. The predicted octanol–water partition coefficient (Wildman–Crippen LogP) is 3.95. The fourth-order valence-corrected chi connectivity index (χ4v) is 5.75. The van der Waals surface area contributed by atoms with Gasteiger partial charge in [-0.05, 0) is 78.6 Å². The van der Waals surface area contributed by atoms with Crippen molar-refractivity contribution < 1.29 is 14.0 Å². The van der Waals surface area contributed by atoms with E-state index >= 15 is 0 Å². The van der Waals surface area contributed by atoms with Gasteiger partial charge in [-0.3, -0.25) is 14.5 Å².